The summed E-state index contributed by atoms with van der Waals surface area (Å²) in [4.78, 5) is 17.2. The maximum absolute atomic E-state index is 13.6. The van der Waals surface area contributed by atoms with E-state index in [4.69, 9.17) is 9.57 Å². The van der Waals surface area contributed by atoms with E-state index < -0.39 is 11.8 Å². The summed E-state index contributed by atoms with van der Waals surface area (Å²) in [5.74, 6) is -1.30. The van der Waals surface area contributed by atoms with Crippen molar-refractivity contribution in [3.8, 4) is 0 Å². The third kappa shape index (κ3) is 9.25. The highest BCUT2D eigenvalue weighted by Crippen LogP contribution is 2.12. The van der Waals surface area contributed by atoms with Gasteiger partial charge in [-0.05, 0) is 25.8 Å². The van der Waals surface area contributed by atoms with Crippen LogP contribution in [0.1, 0.15) is 101 Å². The third-order valence-electron chi connectivity index (χ3n) is 4.50. The monoisotopic (exact) mass is 369 g/mol. The molecule has 1 aromatic rings. The predicted molar refractivity (Wildman–Crippen MR) is 103 cm³/mol. The van der Waals surface area contributed by atoms with Crippen molar-refractivity contribution < 1.29 is 18.8 Å². The molecular formula is C21H36FNO3. The first kappa shape index (κ1) is 22.5. The van der Waals surface area contributed by atoms with Gasteiger partial charge in [0.1, 0.15) is 6.61 Å². The van der Waals surface area contributed by atoms with Gasteiger partial charge in [-0.25, -0.2) is 9.18 Å². The molecule has 5 heteroatoms. The molecule has 1 aromatic heterocycles. The largest absolute Gasteiger partial charge is 0.461 e. The van der Waals surface area contributed by atoms with Crippen molar-refractivity contribution in [3.05, 3.63) is 23.8 Å². The van der Waals surface area contributed by atoms with Crippen LogP contribution in [0.15, 0.2) is 12.3 Å². The number of carbonyl (C=O) groups is 1. The Morgan fingerprint density at radius 3 is 2.00 bits per heavy atom. The zero-order valence-corrected chi connectivity index (χ0v) is 16.6. The minimum Gasteiger partial charge on any atom is -0.461 e. The second-order valence-electron chi connectivity index (χ2n) is 6.78. The lowest BCUT2D eigenvalue weighted by atomic mass is 10.1. The van der Waals surface area contributed by atoms with Crippen molar-refractivity contribution in [3.63, 3.8) is 0 Å². The number of esters is 1. The van der Waals surface area contributed by atoms with Crippen molar-refractivity contribution in [2.45, 2.75) is 90.9 Å². The average Bonchev–Trinajstić information content (AvgIpc) is 3.00. The van der Waals surface area contributed by atoms with E-state index in [1.54, 1.807) is 6.92 Å². The summed E-state index contributed by atoms with van der Waals surface area (Å²) in [6.45, 7) is 4.62. The van der Waals surface area contributed by atoms with E-state index in [0.29, 0.717) is 6.61 Å². The standard InChI is InChI=1S/C21H36FNO3/c1-3-5-6-7-8-9-10-11-12-13-14-15-18-26-23-17-16-19(22)20(23)21(24)25-4-2/h16-17H,3-15,18H2,1-2H3. The van der Waals surface area contributed by atoms with Crippen LogP contribution >= 0.6 is 0 Å². The van der Waals surface area contributed by atoms with Crippen LogP contribution in [0.25, 0.3) is 0 Å². The topological polar surface area (TPSA) is 40.5 Å². The van der Waals surface area contributed by atoms with Gasteiger partial charge in [0, 0.05) is 6.20 Å². The fourth-order valence-electron chi connectivity index (χ4n) is 2.99. The second kappa shape index (κ2) is 14.6. The summed E-state index contributed by atoms with van der Waals surface area (Å²) in [6, 6.07) is 1.22. The zero-order chi connectivity index (χ0) is 19.0. The molecule has 0 N–H and O–H groups in total. The summed E-state index contributed by atoms with van der Waals surface area (Å²) in [5, 5.41) is 0. The number of ether oxygens (including phenoxy) is 1. The molecule has 0 atom stereocenters. The minimum absolute atomic E-state index is 0.161. The number of halogens is 1. The van der Waals surface area contributed by atoms with Gasteiger partial charge < -0.3 is 9.57 Å². The molecule has 0 bridgehead atoms. The van der Waals surface area contributed by atoms with E-state index >= 15 is 0 Å². The van der Waals surface area contributed by atoms with Crippen LogP contribution in [0.5, 0.6) is 0 Å². The molecule has 0 fully saturated rings. The van der Waals surface area contributed by atoms with Crippen molar-refractivity contribution in [2.75, 3.05) is 13.2 Å². The first-order valence-corrected chi connectivity index (χ1v) is 10.4. The van der Waals surface area contributed by atoms with Crippen molar-refractivity contribution in [1.82, 2.24) is 4.73 Å². The average molecular weight is 370 g/mol. The minimum atomic E-state index is -0.690. The van der Waals surface area contributed by atoms with Gasteiger partial charge in [0.25, 0.3) is 0 Å². The molecule has 0 aliphatic carbocycles. The van der Waals surface area contributed by atoms with Gasteiger partial charge in [-0.2, -0.15) is 4.73 Å². The van der Waals surface area contributed by atoms with Crippen LogP contribution in [-0.4, -0.2) is 23.9 Å². The van der Waals surface area contributed by atoms with E-state index in [9.17, 15) is 9.18 Å². The number of nitrogens with zero attached hydrogens (tertiary/aromatic N) is 1. The Hall–Kier alpha value is -1.52. The smallest absolute Gasteiger partial charge is 0.361 e. The molecule has 0 amide bonds. The fraction of sp³-hybridized carbons (Fsp3) is 0.762. The number of hydrogen-bond donors (Lipinski definition) is 0. The molecule has 1 rings (SSSR count). The van der Waals surface area contributed by atoms with Gasteiger partial charge in [0.2, 0.25) is 0 Å². The lowest BCUT2D eigenvalue weighted by Gasteiger charge is -2.10. The van der Waals surface area contributed by atoms with Gasteiger partial charge >= 0.3 is 5.97 Å². The Morgan fingerprint density at radius 1 is 0.923 bits per heavy atom. The lowest BCUT2D eigenvalue weighted by Crippen LogP contribution is -2.20. The summed E-state index contributed by atoms with van der Waals surface area (Å²) in [5.41, 5.74) is -0.161. The van der Waals surface area contributed by atoms with E-state index in [1.165, 1.54) is 81.2 Å². The molecule has 0 saturated carbocycles. The Morgan fingerprint density at radius 2 is 1.46 bits per heavy atom. The Kier molecular flexibility index (Phi) is 12.7. The molecule has 0 aromatic carbocycles. The van der Waals surface area contributed by atoms with E-state index in [2.05, 4.69) is 6.92 Å². The van der Waals surface area contributed by atoms with Crippen LogP contribution in [0.3, 0.4) is 0 Å². The first-order valence-electron chi connectivity index (χ1n) is 10.4. The number of carbonyl (C=O) groups excluding carboxylic acids is 1. The summed E-state index contributed by atoms with van der Waals surface area (Å²) >= 11 is 0. The summed E-state index contributed by atoms with van der Waals surface area (Å²) in [6.07, 6.45) is 16.7. The highest BCUT2D eigenvalue weighted by atomic mass is 19.1. The third-order valence-corrected chi connectivity index (χ3v) is 4.50. The maximum atomic E-state index is 13.6. The number of rotatable bonds is 16. The highest BCUT2D eigenvalue weighted by molar-refractivity contribution is 5.87. The SMILES string of the molecule is CCCCCCCCCCCCCCOn1ccc(F)c1C(=O)OCC. The quantitative estimate of drug-likeness (QED) is 0.268. The van der Waals surface area contributed by atoms with Crippen LogP contribution < -0.4 is 4.84 Å². The van der Waals surface area contributed by atoms with Crippen LogP contribution in [0.4, 0.5) is 4.39 Å². The van der Waals surface area contributed by atoms with Crippen molar-refractivity contribution in [2.24, 2.45) is 0 Å². The molecule has 0 unspecified atom stereocenters. The lowest BCUT2D eigenvalue weighted by molar-refractivity contribution is 0.0426. The molecule has 4 nitrogen and oxygen atoms in total. The molecule has 0 radical (unpaired) electrons. The number of unbranched alkanes of at least 4 members (excludes halogenated alkanes) is 11. The first-order chi connectivity index (χ1) is 12.7. The fourth-order valence-corrected chi connectivity index (χ4v) is 2.99. The molecule has 0 aliphatic rings. The van der Waals surface area contributed by atoms with Gasteiger partial charge in [-0.1, -0.05) is 71.1 Å². The molecular weight excluding hydrogens is 333 g/mol. The Balaban J connectivity index is 2.02. The van der Waals surface area contributed by atoms with Gasteiger partial charge in [-0.3, -0.25) is 0 Å². The van der Waals surface area contributed by atoms with Crippen LogP contribution in [-0.2, 0) is 4.74 Å². The normalized spacial score (nSPS) is 10.9. The molecule has 1 heterocycles. The zero-order valence-electron chi connectivity index (χ0n) is 16.6. The Bertz CT molecular complexity index is 488. The summed E-state index contributed by atoms with van der Waals surface area (Å²) in [7, 11) is 0. The van der Waals surface area contributed by atoms with Crippen molar-refractivity contribution in [1.29, 1.82) is 0 Å². The van der Waals surface area contributed by atoms with Gasteiger partial charge in [0.05, 0.1) is 6.61 Å². The Labute approximate surface area is 158 Å². The molecule has 0 saturated heterocycles. The second-order valence-corrected chi connectivity index (χ2v) is 6.78. The van der Waals surface area contributed by atoms with Crippen molar-refractivity contribution >= 4 is 5.97 Å². The van der Waals surface area contributed by atoms with E-state index in [0.717, 1.165) is 12.8 Å². The van der Waals surface area contributed by atoms with E-state index in [1.807, 2.05) is 0 Å². The number of hydrogen-bond acceptors (Lipinski definition) is 3. The predicted octanol–water partition coefficient (Wildman–Crippen LogP) is 5.93. The highest BCUT2D eigenvalue weighted by Gasteiger charge is 2.19. The molecule has 0 spiro atoms. The number of aromatic nitrogens is 1. The summed E-state index contributed by atoms with van der Waals surface area (Å²) < 4.78 is 19.7. The van der Waals surface area contributed by atoms with Gasteiger partial charge in [0.15, 0.2) is 11.5 Å². The molecule has 26 heavy (non-hydrogen) atoms. The van der Waals surface area contributed by atoms with Crippen LogP contribution in [0, 0.1) is 5.82 Å². The van der Waals surface area contributed by atoms with Crippen LogP contribution in [0.2, 0.25) is 0 Å². The molecule has 150 valence electrons. The maximum Gasteiger partial charge on any atom is 0.361 e. The van der Waals surface area contributed by atoms with E-state index in [-0.39, 0.29) is 12.3 Å². The van der Waals surface area contributed by atoms with Gasteiger partial charge in [-0.15, -0.1) is 0 Å². The molecule has 0 aliphatic heterocycles.